The molecule has 0 saturated carbocycles. The van der Waals surface area contributed by atoms with Crippen LogP contribution in [0.15, 0.2) is 48.5 Å². The predicted molar refractivity (Wildman–Crippen MR) is 85.7 cm³/mol. The molecular weight excluding hydrogens is 334 g/mol. The van der Waals surface area contributed by atoms with Gasteiger partial charge in [-0.3, -0.25) is 0 Å². The van der Waals surface area contributed by atoms with Crippen molar-refractivity contribution in [2.75, 3.05) is 6.54 Å². The number of halogens is 5. The third-order valence-electron chi connectivity index (χ3n) is 3.37. The van der Waals surface area contributed by atoms with Crippen LogP contribution in [0, 0.1) is 0 Å². The molecule has 0 aliphatic rings. The molecule has 1 unspecified atom stereocenters. The highest BCUT2D eigenvalue weighted by Crippen LogP contribution is 2.33. The summed E-state index contributed by atoms with van der Waals surface area (Å²) in [4.78, 5) is 0. The first kappa shape index (κ1) is 18.8. The van der Waals surface area contributed by atoms with Gasteiger partial charge in [-0.2, -0.15) is 13.2 Å². The van der Waals surface area contributed by atoms with E-state index in [9.17, 15) is 13.2 Å². The minimum Gasteiger partial charge on any atom is -0.330 e. The zero-order chi connectivity index (χ0) is 15.5. The van der Waals surface area contributed by atoms with Crippen LogP contribution >= 0.6 is 24.0 Å². The smallest absolute Gasteiger partial charge is 0.330 e. The Bertz CT molecular complexity index is 580. The summed E-state index contributed by atoms with van der Waals surface area (Å²) in [6, 6.07) is 12.5. The summed E-state index contributed by atoms with van der Waals surface area (Å²) < 4.78 is 37.8. The largest absolute Gasteiger partial charge is 0.416 e. The van der Waals surface area contributed by atoms with Crippen LogP contribution in [0.3, 0.4) is 0 Å². The number of benzene rings is 2. The third kappa shape index (κ3) is 4.63. The lowest BCUT2D eigenvalue weighted by Gasteiger charge is -2.18. The highest BCUT2D eigenvalue weighted by Gasteiger charge is 2.30. The first-order valence-corrected chi connectivity index (χ1v) is 6.92. The van der Waals surface area contributed by atoms with E-state index in [1.165, 1.54) is 12.1 Å². The summed E-state index contributed by atoms with van der Waals surface area (Å²) >= 11 is 5.86. The predicted octanol–water partition coefficient (Wildman–Crippen LogP) is 5.26. The summed E-state index contributed by atoms with van der Waals surface area (Å²) in [6.45, 7) is 0.453. The molecule has 0 radical (unpaired) electrons. The van der Waals surface area contributed by atoms with Crippen molar-refractivity contribution in [1.82, 2.24) is 0 Å². The van der Waals surface area contributed by atoms with Gasteiger partial charge in [-0.25, -0.2) is 0 Å². The van der Waals surface area contributed by atoms with Crippen molar-refractivity contribution in [3.05, 3.63) is 70.2 Å². The van der Waals surface area contributed by atoms with E-state index in [0.29, 0.717) is 18.0 Å². The van der Waals surface area contributed by atoms with Crippen molar-refractivity contribution < 1.29 is 13.2 Å². The van der Waals surface area contributed by atoms with Crippen LogP contribution in [0.2, 0.25) is 5.02 Å². The topological polar surface area (TPSA) is 26.0 Å². The Morgan fingerprint density at radius 1 is 0.909 bits per heavy atom. The average molecular weight is 350 g/mol. The van der Waals surface area contributed by atoms with Gasteiger partial charge < -0.3 is 5.73 Å². The van der Waals surface area contributed by atoms with Gasteiger partial charge in [0.25, 0.3) is 0 Å². The minimum absolute atomic E-state index is 0. The molecule has 6 heteroatoms. The zero-order valence-electron chi connectivity index (χ0n) is 11.6. The second-order valence-electron chi connectivity index (χ2n) is 4.80. The SMILES string of the molecule is Cl.NCCC(c1ccc(Cl)cc1)c1ccc(C(F)(F)F)cc1. The molecule has 0 heterocycles. The fourth-order valence-corrected chi connectivity index (χ4v) is 2.42. The van der Waals surface area contributed by atoms with Gasteiger partial charge in [0, 0.05) is 10.9 Å². The van der Waals surface area contributed by atoms with Crippen LogP contribution < -0.4 is 5.73 Å². The number of hydrogen-bond donors (Lipinski definition) is 1. The number of alkyl halides is 3. The second kappa shape index (κ2) is 7.86. The number of hydrogen-bond acceptors (Lipinski definition) is 1. The summed E-state index contributed by atoms with van der Waals surface area (Å²) in [5.74, 6) is -0.0328. The minimum atomic E-state index is -4.32. The Morgan fingerprint density at radius 3 is 1.77 bits per heavy atom. The Hall–Kier alpha value is -1.23. The number of rotatable bonds is 4. The molecule has 2 aromatic carbocycles. The van der Waals surface area contributed by atoms with Crippen molar-refractivity contribution in [2.45, 2.75) is 18.5 Å². The van der Waals surface area contributed by atoms with Gasteiger partial charge in [0.15, 0.2) is 0 Å². The highest BCUT2D eigenvalue weighted by molar-refractivity contribution is 6.30. The molecule has 0 aliphatic heterocycles. The highest BCUT2D eigenvalue weighted by atomic mass is 35.5. The summed E-state index contributed by atoms with van der Waals surface area (Å²) in [5.41, 5.74) is 6.79. The molecule has 2 rings (SSSR count). The fourth-order valence-electron chi connectivity index (χ4n) is 2.29. The summed E-state index contributed by atoms with van der Waals surface area (Å²) in [5, 5.41) is 0.623. The van der Waals surface area contributed by atoms with E-state index in [2.05, 4.69) is 0 Å². The van der Waals surface area contributed by atoms with Crippen LogP contribution in [-0.4, -0.2) is 6.54 Å². The van der Waals surface area contributed by atoms with Gasteiger partial charge in [0.2, 0.25) is 0 Å². The van der Waals surface area contributed by atoms with E-state index >= 15 is 0 Å². The van der Waals surface area contributed by atoms with Gasteiger partial charge >= 0.3 is 6.18 Å². The van der Waals surface area contributed by atoms with Gasteiger partial charge in [-0.05, 0) is 48.4 Å². The molecule has 2 aromatic rings. The first-order valence-electron chi connectivity index (χ1n) is 6.54. The van der Waals surface area contributed by atoms with Crippen LogP contribution in [0.5, 0.6) is 0 Å². The van der Waals surface area contributed by atoms with Gasteiger partial charge in [0.05, 0.1) is 5.56 Å². The molecule has 1 atom stereocenters. The molecule has 120 valence electrons. The van der Waals surface area contributed by atoms with Crippen molar-refractivity contribution in [3.8, 4) is 0 Å². The van der Waals surface area contributed by atoms with E-state index in [4.69, 9.17) is 17.3 Å². The Balaban J connectivity index is 0.00000242. The van der Waals surface area contributed by atoms with E-state index in [1.54, 1.807) is 12.1 Å². The second-order valence-corrected chi connectivity index (χ2v) is 5.24. The van der Waals surface area contributed by atoms with Crippen LogP contribution in [0.4, 0.5) is 13.2 Å². The van der Waals surface area contributed by atoms with Crippen molar-refractivity contribution >= 4 is 24.0 Å². The molecule has 0 aliphatic carbocycles. The lowest BCUT2D eigenvalue weighted by atomic mass is 9.88. The maximum Gasteiger partial charge on any atom is 0.416 e. The average Bonchev–Trinajstić information content (AvgIpc) is 2.45. The molecule has 1 nitrogen and oxygen atoms in total. The van der Waals surface area contributed by atoms with E-state index in [0.717, 1.165) is 23.3 Å². The van der Waals surface area contributed by atoms with Gasteiger partial charge in [-0.1, -0.05) is 35.9 Å². The Kier molecular flexibility index (Phi) is 6.72. The van der Waals surface area contributed by atoms with E-state index in [1.807, 2.05) is 12.1 Å². The van der Waals surface area contributed by atoms with E-state index < -0.39 is 11.7 Å². The molecule has 0 aromatic heterocycles. The first-order chi connectivity index (χ1) is 9.91. The Morgan fingerprint density at radius 2 is 1.36 bits per heavy atom. The fraction of sp³-hybridized carbons (Fsp3) is 0.250. The molecule has 0 saturated heterocycles. The molecule has 0 bridgehead atoms. The lowest BCUT2D eigenvalue weighted by molar-refractivity contribution is -0.137. The third-order valence-corrected chi connectivity index (χ3v) is 3.62. The quantitative estimate of drug-likeness (QED) is 0.800. The van der Waals surface area contributed by atoms with Gasteiger partial charge in [-0.15, -0.1) is 12.4 Å². The number of nitrogens with two attached hydrogens (primary N) is 1. The maximum absolute atomic E-state index is 12.6. The van der Waals surface area contributed by atoms with Crippen LogP contribution in [0.25, 0.3) is 0 Å². The van der Waals surface area contributed by atoms with E-state index in [-0.39, 0.29) is 18.3 Å². The molecule has 0 amide bonds. The monoisotopic (exact) mass is 349 g/mol. The standard InChI is InChI=1S/C16H15ClF3N.ClH/c17-14-7-3-12(4-8-14)15(9-10-21)11-1-5-13(6-2-11)16(18,19)20;/h1-8,15H,9-10,21H2;1H. The summed E-state index contributed by atoms with van der Waals surface area (Å²) in [6.07, 6.45) is -3.66. The normalized spacial score (nSPS) is 12.6. The van der Waals surface area contributed by atoms with Crippen molar-refractivity contribution in [3.63, 3.8) is 0 Å². The maximum atomic E-state index is 12.6. The lowest BCUT2D eigenvalue weighted by Crippen LogP contribution is -2.10. The molecule has 2 N–H and O–H groups in total. The van der Waals surface area contributed by atoms with Crippen LogP contribution in [0.1, 0.15) is 29.0 Å². The molecular formula is C16H16Cl2F3N. The zero-order valence-corrected chi connectivity index (χ0v) is 13.2. The molecule has 0 spiro atoms. The van der Waals surface area contributed by atoms with Crippen molar-refractivity contribution in [2.24, 2.45) is 5.73 Å². The van der Waals surface area contributed by atoms with Gasteiger partial charge in [0.1, 0.15) is 0 Å². The molecule has 0 fully saturated rings. The Labute approximate surface area is 138 Å². The molecule has 22 heavy (non-hydrogen) atoms. The summed E-state index contributed by atoms with van der Waals surface area (Å²) in [7, 11) is 0. The van der Waals surface area contributed by atoms with Crippen molar-refractivity contribution in [1.29, 1.82) is 0 Å². The van der Waals surface area contributed by atoms with Crippen LogP contribution in [-0.2, 0) is 6.18 Å².